The molecule has 2 nitrogen and oxygen atoms in total. The van der Waals surface area contributed by atoms with Crippen LogP contribution in [0.25, 0.3) is 0 Å². The van der Waals surface area contributed by atoms with Gasteiger partial charge in [0, 0.05) is 38.8 Å². The van der Waals surface area contributed by atoms with Gasteiger partial charge in [-0.1, -0.05) is 71.2 Å². The van der Waals surface area contributed by atoms with Gasteiger partial charge in [0.2, 0.25) is 0 Å². The summed E-state index contributed by atoms with van der Waals surface area (Å²) in [5.74, 6) is 0.795. The minimum atomic E-state index is 0.368. The first kappa shape index (κ1) is 22.0. The molecule has 0 saturated heterocycles. The largest absolute Gasteiger partial charge is 0.489 e. The first-order valence-electron chi connectivity index (χ1n) is 9.63. The summed E-state index contributed by atoms with van der Waals surface area (Å²) >= 11 is 18.4. The monoisotopic (exact) mass is 447 g/mol. The molecule has 0 heterocycles. The topological polar surface area (TPSA) is 21.3 Å². The maximum absolute atomic E-state index is 6.25. The predicted octanol–water partition coefficient (Wildman–Crippen LogP) is 7.34. The number of halogens is 3. The molecular formula is C24H24Cl3NO. The number of benzene rings is 3. The Labute approximate surface area is 187 Å². The minimum absolute atomic E-state index is 0.368. The molecule has 0 aromatic heterocycles. The van der Waals surface area contributed by atoms with Crippen LogP contribution in [-0.2, 0) is 19.6 Å². The lowest BCUT2D eigenvalue weighted by atomic mass is 10.1. The zero-order chi connectivity index (χ0) is 20.6. The van der Waals surface area contributed by atoms with Crippen molar-refractivity contribution in [2.24, 2.45) is 0 Å². The van der Waals surface area contributed by atoms with Gasteiger partial charge >= 0.3 is 0 Å². The van der Waals surface area contributed by atoms with E-state index in [0.717, 1.165) is 29.7 Å². The zero-order valence-electron chi connectivity index (χ0n) is 16.3. The second kappa shape index (κ2) is 10.9. The Hall–Kier alpha value is -1.71. The molecule has 3 aromatic rings. The van der Waals surface area contributed by atoms with Crippen molar-refractivity contribution in [1.29, 1.82) is 0 Å². The van der Waals surface area contributed by atoms with Crippen molar-refractivity contribution >= 4 is 34.8 Å². The molecule has 5 heteroatoms. The lowest BCUT2D eigenvalue weighted by Crippen LogP contribution is -2.26. The average molecular weight is 449 g/mol. The molecule has 0 aliphatic carbocycles. The first-order chi connectivity index (χ1) is 14.0. The Bertz CT molecular complexity index is 931. The van der Waals surface area contributed by atoms with E-state index in [4.69, 9.17) is 39.5 Å². The SMILES string of the molecule is C[C@H](CCc1ccccc1)NCc1cc(Cl)ccc1OCc1ccc(Cl)cc1Cl. The van der Waals surface area contributed by atoms with Gasteiger partial charge in [-0.3, -0.25) is 0 Å². The van der Waals surface area contributed by atoms with E-state index in [1.807, 2.05) is 36.4 Å². The molecule has 0 aliphatic rings. The maximum atomic E-state index is 6.25. The summed E-state index contributed by atoms with van der Waals surface area (Å²) in [4.78, 5) is 0. The van der Waals surface area contributed by atoms with Gasteiger partial charge in [-0.15, -0.1) is 0 Å². The molecule has 0 radical (unpaired) electrons. The molecule has 0 aliphatic heterocycles. The quantitative estimate of drug-likeness (QED) is 0.370. The highest BCUT2D eigenvalue weighted by Gasteiger charge is 2.09. The predicted molar refractivity (Wildman–Crippen MR) is 123 cm³/mol. The number of aryl methyl sites for hydroxylation is 1. The molecule has 3 aromatic carbocycles. The fourth-order valence-corrected chi connectivity index (χ4v) is 3.69. The highest BCUT2D eigenvalue weighted by molar-refractivity contribution is 6.35. The van der Waals surface area contributed by atoms with Crippen molar-refractivity contribution in [3.63, 3.8) is 0 Å². The number of hydrogen-bond donors (Lipinski definition) is 1. The van der Waals surface area contributed by atoms with E-state index < -0.39 is 0 Å². The van der Waals surface area contributed by atoms with Crippen molar-refractivity contribution in [2.45, 2.75) is 39.0 Å². The van der Waals surface area contributed by atoms with Crippen LogP contribution in [0.3, 0.4) is 0 Å². The van der Waals surface area contributed by atoms with Gasteiger partial charge in [-0.25, -0.2) is 0 Å². The Morgan fingerprint density at radius 2 is 1.59 bits per heavy atom. The summed E-state index contributed by atoms with van der Waals surface area (Å²) in [6.07, 6.45) is 2.10. The molecule has 0 saturated carbocycles. The lowest BCUT2D eigenvalue weighted by Gasteiger charge is -2.17. The van der Waals surface area contributed by atoms with Crippen LogP contribution < -0.4 is 10.1 Å². The van der Waals surface area contributed by atoms with Crippen molar-refractivity contribution in [2.75, 3.05) is 0 Å². The molecular weight excluding hydrogens is 425 g/mol. The summed E-state index contributed by atoms with van der Waals surface area (Å²) in [6.45, 7) is 3.25. The van der Waals surface area contributed by atoms with Gasteiger partial charge in [0.25, 0.3) is 0 Å². The van der Waals surface area contributed by atoms with E-state index in [9.17, 15) is 0 Å². The third-order valence-electron chi connectivity index (χ3n) is 4.77. The number of rotatable bonds is 9. The molecule has 29 heavy (non-hydrogen) atoms. The number of nitrogens with one attached hydrogen (secondary N) is 1. The number of ether oxygens (including phenoxy) is 1. The summed E-state index contributed by atoms with van der Waals surface area (Å²) in [7, 11) is 0. The fourth-order valence-electron chi connectivity index (χ4n) is 3.04. The second-order valence-electron chi connectivity index (χ2n) is 7.08. The van der Waals surface area contributed by atoms with E-state index >= 15 is 0 Å². The van der Waals surface area contributed by atoms with Crippen LogP contribution in [0.5, 0.6) is 5.75 Å². The third-order valence-corrected chi connectivity index (χ3v) is 5.59. The molecule has 152 valence electrons. The highest BCUT2D eigenvalue weighted by Crippen LogP contribution is 2.26. The van der Waals surface area contributed by atoms with Crippen LogP contribution >= 0.6 is 34.8 Å². The molecule has 0 unspecified atom stereocenters. The molecule has 1 atom stereocenters. The summed E-state index contributed by atoms with van der Waals surface area (Å²) in [5.41, 5.74) is 3.27. The van der Waals surface area contributed by atoms with Gasteiger partial charge < -0.3 is 10.1 Å². The Balaban J connectivity index is 1.58. The van der Waals surface area contributed by atoms with Gasteiger partial charge in [0.15, 0.2) is 0 Å². The fraction of sp³-hybridized carbons (Fsp3) is 0.250. The summed E-state index contributed by atoms with van der Waals surface area (Å²) in [5, 5.41) is 5.47. The highest BCUT2D eigenvalue weighted by atomic mass is 35.5. The number of hydrogen-bond acceptors (Lipinski definition) is 2. The van der Waals surface area contributed by atoms with E-state index in [0.29, 0.717) is 34.3 Å². The smallest absolute Gasteiger partial charge is 0.124 e. The summed E-state index contributed by atoms with van der Waals surface area (Å²) < 4.78 is 6.03. The lowest BCUT2D eigenvalue weighted by molar-refractivity contribution is 0.301. The van der Waals surface area contributed by atoms with Crippen LogP contribution in [0.1, 0.15) is 30.0 Å². The normalized spacial score (nSPS) is 12.0. The van der Waals surface area contributed by atoms with Crippen LogP contribution in [-0.4, -0.2) is 6.04 Å². The average Bonchev–Trinajstić information content (AvgIpc) is 2.72. The molecule has 0 spiro atoms. The van der Waals surface area contributed by atoms with Crippen molar-refractivity contribution in [1.82, 2.24) is 5.32 Å². The Kier molecular flexibility index (Phi) is 8.26. The van der Waals surface area contributed by atoms with Crippen molar-refractivity contribution in [3.05, 3.63) is 98.5 Å². The van der Waals surface area contributed by atoms with Gasteiger partial charge in [0.1, 0.15) is 12.4 Å². The Morgan fingerprint density at radius 1 is 0.862 bits per heavy atom. The van der Waals surface area contributed by atoms with E-state index in [2.05, 4.69) is 36.5 Å². The van der Waals surface area contributed by atoms with Crippen LogP contribution in [0.15, 0.2) is 66.7 Å². The van der Waals surface area contributed by atoms with Gasteiger partial charge in [-0.2, -0.15) is 0 Å². The molecule has 0 fully saturated rings. The molecule has 3 rings (SSSR count). The minimum Gasteiger partial charge on any atom is -0.489 e. The van der Waals surface area contributed by atoms with Crippen LogP contribution in [0.2, 0.25) is 15.1 Å². The van der Waals surface area contributed by atoms with E-state index in [1.165, 1.54) is 5.56 Å². The summed E-state index contributed by atoms with van der Waals surface area (Å²) in [6, 6.07) is 22.0. The van der Waals surface area contributed by atoms with Crippen molar-refractivity contribution in [3.8, 4) is 5.75 Å². The molecule has 0 amide bonds. The maximum Gasteiger partial charge on any atom is 0.124 e. The Morgan fingerprint density at radius 3 is 2.34 bits per heavy atom. The van der Waals surface area contributed by atoms with E-state index in [1.54, 1.807) is 6.07 Å². The molecule has 1 N–H and O–H groups in total. The van der Waals surface area contributed by atoms with Crippen LogP contribution in [0.4, 0.5) is 0 Å². The van der Waals surface area contributed by atoms with Gasteiger partial charge in [0.05, 0.1) is 0 Å². The molecule has 0 bridgehead atoms. The standard InChI is InChI=1S/C24H24Cl3NO/c1-17(7-8-18-5-3-2-4-6-18)28-15-20-13-21(25)11-12-24(20)29-16-19-9-10-22(26)14-23(19)27/h2-6,9-14,17,28H,7-8,15-16H2,1H3/t17-/m1/s1. The van der Waals surface area contributed by atoms with E-state index in [-0.39, 0.29) is 0 Å². The van der Waals surface area contributed by atoms with Gasteiger partial charge in [-0.05, 0) is 55.7 Å². The third kappa shape index (κ3) is 6.94. The van der Waals surface area contributed by atoms with Crippen LogP contribution in [0, 0.1) is 0 Å². The first-order valence-corrected chi connectivity index (χ1v) is 10.8. The second-order valence-corrected chi connectivity index (χ2v) is 8.36. The van der Waals surface area contributed by atoms with Crippen molar-refractivity contribution < 1.29 is 4.74 Å². The zero-order valence-corrected chi connectivity index (χ0v) is 18.6.